The van der Waals surface area contributed by atoms with Crippen molar-refractivity contribution in [3.8, 4) is 22.3 Å². The summed E-state index contributed by atoms with van der Waals surface area (Å²) in [5.41, 5.74) is 5.13. The zero-order valence-corrected chi connectivity index (χ0v) is 20.9. The maximum atomic E-state index is 2.32. The molecule has 0 aliphatic rings. The fourth-order valence-corrected chi connectivity index (χ4v) is 6.35. The van der Waals surface area contributed by atoms with E-state index in [1.54, 1.807) is 0 Å². The minimum atomic E-state index is 1.27. The molecule has 0 heteroatoms. The van der Waals surface area contributed by atoms with E-state index in [2.05, 4.69) is 146 Å². The van der Waals surface area contributed by atoms with E-state index in [4.69, 9.17) is 0 Å². The molecule has 8 aromatic rings. The lowest BCUT2D eigenvalue weighted by molar-refractivity contribution is 1.69. The monoisotopic (exact) mass is 480 g/mol. The predicted octanol–water partition coefficient (Wildman–Crippen LogP) is 10.8. The Morgan fingerprint density at radius 1 is 0.211 bits per heavy atom. The van der Waals surface area contributed by atoms with Crippen molar-refractivity contribution in [3.63, 3.8) is 0 Å². The van der Waals surface area contributed by atoms with Gasteiger partial charge in [-0.1, -0.05) is 146 Å². The van der Waals surface area contributed by atoms with Crippen molar-refractivity contribution in [2.75, 3.05) is 0 Å². The molecule has 0 N–H and O–H groups in total. The Labute approximate surface area is 221 Å². The van der Waals surface area contributed by atoms with Crippen molar-refractivity contribution >= 4 is 53.9 Å². The maximum absolute atomic E-state index is 2.32. The van der Waals surface area contributed by atoms with Gasteiger partial charge in [0.15, 0.2) is 0 Å². The van der Waals surface area contributed by atoms with Gasteiger partial charge in [0, 0.05) is 0 Å². The van der Waals surface area contributed by atoms with Crippen LogP contribution in [-0.2, 0) is 0 Å². The van der Waals surface area contributed by atoms with Crippen LogP contribution in [-0.4, -0.2) is 0 Å². The highest BCUT2D eigenvalue weighted by atomic mass is 14.2. The average molecular weight is 481 g/mol. The first-order valence-corrected chi connectivity index (χ1v) is 13.2. The van der Waals surface area contributed by atoms with Crippen molar-refractivity contribution in [2.24, 2.45) is 0 Å². The van der Waals surface area contributed by atoms with E-state index in [9.17, 15) is 0 Å². The summed E-state index contributed by atoms with van der Waals surface area (Å²) in [6.45, 7) is 0. The second kappa shape index (κ2) is 8.30. The molecule has 0 fully saturated rings. The molecule has 0 aliphatic heterocycles. The summed E-state index contributed by atoms with van der Waals surface area (Å²) in [4.78, 5) is 0. The van der Waals surface area contributed by atoms with Crippen LogP contribution < -0.4 is 0 Å². The molecule has 176 valence electrons. The Morgan fingerprint density at radius 3 is 1.05 bits per heavy atom. The molecule has 8 aromatic carbocycles. The third-order valence-electron chi connectivity index (χ3n) is 8.04. The van der Waals surface area contributed by atoms with E-state index >= 15 is 0 Å². The highest BCUT2D eigenvalue weighted by Crippen LogP contribution is 2.42. The molecule has 0 aromatic heterocycles. The lowest BCUT2D eigenvalue weighted by atomic mass is 9.87. The van der Waals surface area contributed by atoms with E-state index in [1.807, 2.05) is 0 Å². The predicted molar refractivity (Wildman–Crippen MR) is 165 cm³/mol. The van der Waals surface area contributed by atoms with Crippen molar-refractivity contribution in [2.45, 2.75) is 0 Å². The van der Waals surface area contributed by atoms with Crippen LogP contribution in [0.5, 0.6) is 0 Å². The highest BCUT2D eigenvalue weighted by molar-refractivity contribution is 6.25. The van der Waals surface area contributed by atoms with Crippen LogP contribution in [0.4, 0.5) is 0 Å². The summed E-state index contributed by atoms with van der Waals surface area (Å²) in [6, 6.07) is 53.3. The molecule has 0 saturated carbocycles. The molecule has 0 nitrogen and oxygen atoms in total. The van der Waals surface area contributed by atoms with E-state index < -0.39 is 0 Å². The molecule has 0 unspecified atom stereocenters. The summed E-state index contributed by atoms with van der Waals surface area (Å²) in [7, 11) is 0. The van der Waals surface area contributed by atoms with Crippen LogP contribution in [0.1, 0.15) is 0 Å². The van der Waals surface area contributed by atoms with E-state index in [0.29, 0.717) is 0 Å². The van der Waals surface area contributed by atoms with Crippen molar-refractivity contribution in [3.05, 3.63) is 146 Å². The molecule has 8 rings (SSSR count). The largest absolute Gasteiger partial charge is 0.0616 e. The average Bonchev–Trinajstić information content (AvgIpc) is 2.99. The zero-order chi connectivity index (χ0) is 25.1. The minimum absolute atomic E-state index is 1.27. The van der Waals surface area contributed by atoms with Crippen LogP contribution in [0.3, 0.4) is 0 Å². The summed E-state index contributed by atoms with van der Waals surface area (Å²) in [6.07, 6.45) is 0. The summed E-state index contributed by atoms with van der Waals surface area (Å²) in [5, 5.41) is 12.9. The van der Waals surface area contributed by atoms with Crippen LogP contribution in [0.2, 0.25) is 0 Å². The first-order chi connectivity index (χ1) is 18.9. The molecule has 0 saturated heterocycles. The number of hydrogen-bond acceptors (Lipinski definition) is 0. The van der Waals surface area contributed by atoms with Crippen molar-refractivity contribution in [1.29, 1.82) is 0 Å². The van der Waals surface area contributed by atoms with Gasteiger partial charge in [-0.05, 0) is 76.1 Å². The second-order valence-electron chi connectivity index (χ2n) is 10.1. The third-order valence-corrected chi connectivity index (χ3v) is 8.04. The number of hydrogen-bond donors (Lipinski definition) is 0. The Balaban J connectivity index is 1.51. The van der Waals surface area contributed by atoms with Crippen LogP contribution >= 0.6 is 0 Å². The molecule has 0 aliphatic carbocycles. The lowest BCUT2D eigenvalue weighted by Crippen LogP contribution is -1.89. The van der Waals surface area contributed by atoms with Gasteiger partial charge in [-0.3, -0.25) is 0 Å². The molecule has 0 spiro atoms. The van der Waals surface area contributed by atoms with Crippen molar-refractivity contribution < 1.29 is 0 Å². The van der Waals surface area contributed by atoms with Crippen LogP contribution in [0.15, 0.2) is 146 Å². The molecule has 0 amide bonds. The first kappa shape index (κ1) is 21.2. The lowest BCUT2D eigenvalue weighted by Gasteiger charge is -2.16. The summed E-state index contributed by atoms with van der Waals surface area (Å²) >= 11 is 0. The van der Waals surface area contributed by atoms with Gasteiger partial charge in [0.2, 0.25) is 0 Å². The van der Waals surface area contributed by atoms with Gasteiger partial charge in [0.05, 0.1) is 0 Å². The third kappa shape index (κ3) is 3.11. The molecular formula is C38H24. The van der Waals surface area contributed by atoms with Crippen LogP contribution in [0, 0.1) is 0 Å². The quantitative estimate of drug-likeness (QED) is 0.216. The first-order valence-electron chi connectivity index (χ1n) is 13.2. The molecule has 0 bridgehead atoms. The van der Waals surface area contributed by atoms with Gasteiger partial charge < -0.3 is 0 Å². The Bertz CT molecular complexity index is 2010. The fraction of sp³-hybridized carbons (Fsp3) is 0. The summed E-state index contributed by atoms with van der Waals surface area (Å²) in [5.74, 6) is 0. The molecule has 0 atom stereocenters. The fourth-order valence-electron chi connectivity index (χ4n) is 6.35. The van der Waals surface area contributed by atoms with Gasteiger partial charge in [-0.25, -0.2) is 0 Å². The molecule has 0 heterocycles. The molecular weight excluding hydrogens is 456 g/mol. The number of benzene rings is 8. The topological polar surface area (TPSA) is 0 Å². The van der Waals surface area contributed by atoms with E-state index in [1.165, 1.54) is 76.1 Å². The Kier molecular flexibility index (Phi) is 4.62. The van der Waals surface area contributed by atoms with Gasteiger partial charge in [-0.2, -0.15) is 0 Å². The van der Waals surface area contributed by atoms with Gasteiger partial charge in [0.25, 0.3) is 0 Å². The number of rotatable bonds is 2. The normalized spacial score (nSPS) is 11.7. The second-order valence-corrected chi connectivity index (χ2v) is 10.1. The van der Waals surface area contributed by atoms with E-state index in [0.717, 1.165) is 0 Å². The summed E-state index contributed by atoms with van der Waals surface area (Å²) < 4.78 is 0. The van der Waals surface area contributed by atoms with Gasteiger partial charge >= 0.3 is 0 Å². The molecule has 38 heavy (non-hydrogen) atoms. The van der Waals surface area contributed by atoms with Gasteiger partial charge in [-0.15, -0.1) is 0 Å². The van der Waals surface area contributed by atoms with Crippen molar-refractivity contribution in [1.82, 2.24) is 0 Å². The Morgan fingerprint density at radius 2 is 0.579 bits per heavy atom. The molecule has 0 radical (unpaired) electrons. The maximum Gasteiger partial charge on any atom is -0.00264 e. The smallest absolute Gasteiger partial charge is 0.00264 e. The highest BCUT2D eigenvalue weighted by Gasteiger charge is 2.15. The van der Waals surface area contributed by atoms with Crippen LogP contribution in [0.25, 0.3) is 76.1 Å². The zero-order valence-electron chi connectivity index (χ0n) is 20.9. The Hall–Kier alpha value is -4.94. The van der Waals surface area contributed by atoms with Gasteiger partial charge in [0.1, 0.15) is 0 Å². The van der Waals surface area contributed by atoms with E-state index in [-0.39, 0.29) is 0 Å². The standard InChI is InChI=1S/C38H24/c1-3-15-29-25(9-1)11-5-17-31(29)33-19-7-13-27-21-24-36-35(37(27)33)23-22-28-14-8-20-34(38(28)36)32-18-6-12-26-10-2-4-16-30(26)32/h1-24H. The minimum Gasteiger partial charge on any atom is -0.0616 e. The SMILES string of the molecule is c1ccc2c(-c3cccc4ccc5c(ccc6cccc(-c7cccc8ccccc78)c65)c34)cccc2c1. The number of fused-ring (bicyclic) bond motifs is 7.